The topological polar surface area (TPSA) is 106 Å². The molecular formula is C22H23N3O5. The SMILES string of the molecule is COc1cc(CN=C(C)c2c(O)n(Cc3ccccc3)c(=O)[nH]c2=O)cc(OC)c1. The van der Waals surface area contributed by atoms with Crippen LogP contribution in [0.1, 0.15) is 23.6 Å². The van der Waals surface area contributed by atoms with Gasteiger partial charge in [-0.2, -0.15) is 0 Å². The zero-order valence-electron chi connectivity index (χ0n) is 17.0. The second kappa shape index (κ2) is 9.13. The molecule has 0 atom stereocenters. The van der Waals surface area contributed by atoms with Crippen molar-refractivity contribution in [2.75, 3.05) is 14.2 Å². The number of aliphatic imine (C=N–C) groups is 1. The van der Waals surface area contributed by atoms with Gasteiger partial charge in [0.1, 0.15) is 17.1 Å². The standard InChI is InChI=1S/C22H23N3O5/c1-14(23-12-16-9-17(29-2)11-18(10-16)30-3)19-20(26)24-22(28)25(21(19)27)13-15-7-5-4-6-8-15/h4-11,27H,12-13H2,1-3H3,(H,24,26,28). The van der Waals surface area contributed by atoms with Gasteiger partial charge in [-0.25, -0.2) is 4.79 Å². The van der Waals surface area contributed by atoms with Gasteiger partial charge in [0, 0.05) is 6.07 Å². The van der Waals surface area contributed by atoms with Gasteiger partial charge in [0.2, 0.25) is 5.88 Å². The number of aromatic hydroxyl groups is 1. The molecule has 0 aliphatic heterocycles. The summed E-state index contributed by atoms with van der Waals surface area (Å²) in [6.07, 6.45) is 0. The van der Waals surface area contributed by atoms with Gasteiger partial charge in [-0.05, 0) is 30.2 Å². The average Bonchev–Trinajstić information content (AvgIpc) is 2.75. The molecule has 0 unspecified atom stereocenters. The molecule has 2 aromatic carbocycles. The Morgan fingerprint density at radius 2 is 1.67 bits per heavy atom. The lowest BCUT2D eigenvalue weighted by Crippen LogP contribution is -2.33. The van der Waals surface area contributed by atoms with Crippen LogP contribution in [0.4, 0.5) is 0 Å². The van der Waals surface area contributed by atoms with Gasteiger partial charge in [0.15, 0.2) is 0 Å². The van der Waals surface area contributed by atoms with E-state index >= 15 is 0 Å². The summed E-state index contributed by atoms with van der Waals surface area (Å²) in [7, 11) is 3.11. The fourth-order valence-corrected chi connectivity index (χ4v) is 3.05. The molecule has 8 heteroatoms. The van der Waals surface area contributed by atoms with Crippen LogP contribution in [0.5, 0.6) is 17.4 Å². The third-order valence-electron chi connectivity index (χ3n) is 4.63. The van der Waals surface area contributed by atoms with E-state index in [2.05, 4.69) is 9.98 Å². The highest BCUT2D eigenvalue weighted by atomic mass is 16.5. The second-order valence-corrected chi connectivity index (χ2v) is 6.65. The summed E-state index contributed by atoms with van der Waals surface area (Å²) in [6, 6.07) is 14.5. The summed E-state index contributed by atoms with van der Waals surface area (Å²) in [5.41, 5.74) is 0.504. The Hall–Kier alpha value is -3.81. The van der Waals surface area contributed by atoms with Crippen molar-refractivity contribution in [3.63, 3.8) is 0 Å². The van der Waals surface area contributed by atoms with Crippen LogP contribution in [-0.2, 0) is 13.1 Å². The van der Waals surface area contributed by atoms with Gasteiger partial charge >= 0.3 is 5.69 Å². The monoisotopic (exact) mass is 409 g/mol. The molecule has 8 nitrogen and oxygen atoms in total. The fourth-order valence-electron chi connectivity index (χ4n) is 3.05. The minimum atomic E-state index is -0.689. The van der Waals surface area contributed by atoms with E-state index in [4.69, 9.17) is 9.47 Å². The van der Waals surface area contributed by atoms with Gasteiger partial charge < -0.3 is 14.6 Å². The fraction of sp³-hybridized carbons (Fsp3) is 0.227. The van der Waals surface area contributed by atoms with Gasteiger partial charge in [-0.15, -0.1) is 0 Å². The first kappa shape index (κ1) is 20.9. The Bertz CT molecular complexity index is 1160. The number of rotatable bonds is 7. The molecule has 3 rings (SSSR count). The zero-order valence-corrected chi connectivity index (χ0v) is 17.0. The van der Waals surface area contributed by atoms with Crippen LogP contribution >= 0.6 is 0 Å². The normalized spacial score (nSPS) is 11.4. The molecule has 1 aromatic heterocycles. The van der Waals surface area contributed by atoms with Gasteiger partial charge in [-0.1, -0.05) is 30.3 Å². The minimum Gasteiger partial charge on any atom is -0.497 e. The van der Waals surface area contributed by atoms with Crippen LogP contribution in [0, 0.1) is 0 Å². The van der Waals surface area contributed by atoms with E-state index in [1.165, 1.54) is 0 Å². The number of nitrogens with zero attached hydrogens (tertiary/aromatic N) is 2. The third-order valence-corrected chi connectivity index (χ3v) is 4.63. The first-order valence-electron chi connectivity index (χ1n) is 9.26. The van der Waals surface area contributed by atoms with E-state index < -0.39 is 17.1 Å². The number of hydrogen-bond acceptors (Lipinski definition) is 6. The van der Waals surface area contributed by atoms with Crippen LogP contribution in [0.3, 0.4) is 0 Å². The number of hydrogen-bond donors (Lipinski definition) is 2. The van der Waals surface area contributed by atoms with Crippen molar-refractivity contribution >= 4 is 5.71 Å². The highest BCUT2D eigenvalue weighted by Crippen LogP contribution is 2.23. The molecule has 0 fully saturated rings. The predicted molar refractivity (Wildman–Crippen MR) is 114 cm³/mol. The molecule has 3 aromatic rings. The molecule has 0 saturated heterocycles. The highest BCUT2D eigenvalue weighted by Gasteiger charge is 2.17. The largest absolute Gasteiger partial charge is 0.497 e. The summed E-state index contributed by atoms with van der Waals surface area (Å²) in [4.78, 5) is 31.3. The van der Waals surface area contributed by atoms with Crippen molar-refractivity contribution in [3.05, 3.63) is 86.1 Å². The zero-order chi connectivity index (χ0) is 21.7. The second-order valence-electron chi connectivity index (χ2n) is 6.65. The lowest BCUT2D eigenvalue weighted by Gasteiger charge is -2.12. The number of aromatic nitrogens is 2. The molecule has 0 radical (unpaired) electrons. The number of nitrogens with one attached hydrogen (secondary N) is 1. The van der Waals surface area contributed by atoms with Crippen molar-refractivity contribution < 1.29 is 14.6 Å². The number of H-pyrrole nitrogens is 1. The van der Waals surface area contributed by atoms with E-state index in [1.54, 1.807) is 39.3 Å². The van der Waals surface area contributed by atoms with Gasteiger partial charge in [0.05, 0.1) is 33.0 Å². The smallest absolute Gasteiger partial charge is 0.331 e. The molecule has 156 valence electrons. The Morgan fingerprint density at radius 3 is 2.27 bits per heavy atom. The van der Waals surface area contributed by atoms with Crippen LogP contribution < -0.4 is 20.7 Å². The van der Waals surface area contributed by atoms with Gasteiger partial charge in [0.25, 0.3) is 5.56 Å². The predicted octanol–water partition coefficient (Wildman–Crippen LogP) is 2.32. The van der Waals surface area contributed by atoms with E-state index in [0.29, 0.717) is 17.2 Å². The van der Waals surface area contributed by atoms with E-state index in [0.717, 1.165) is 15.7 Å². The molecular weight excluding hydrogens is 386 g/mol. The lowest BCUT2D eigenvalue weighted by molar-refractivity contribution is 0.393. The third kappa shape index (κ3) is 4.60. The molecule has 0 bridgehead atoms. The summed E-state index contributed by atoms with van der Waals surface area (Å²) in [6.45, 7) is 1.96. The van der Waals surface area contributed by atoms with Crippen LogP contribution in [-0.4, -0.2) is 34.6 Å². The Balaban J connectivity index is 1.96. The molecule has 0 aliphatic rings. The van der Waals surface area contributed by atoms with Gasteiger partial charge in [-0.3, -0.25) is 19.3 Å². The average molecular weight is 409 g/mol. The van der Waals surface area contributed by atoms with E-state index in [9.17, 15) is 14.7 Å². The Kier molecular flexibility index (Phi) is 6.36. The lowest BCUT2D eigenvalue weighted by atomic mass is 10.1. The van der Waals surface area contributed by atoms with Crippen molar-refractivity contribution in [2.24, 2.45) is 4.99 Å². The van der Waals surface area contributed by atoms with Crippen molar-refractivity contribution in [1.29, 1.82) is 0 Å². The number of aromatic amines is 1. The summed E-state index contributed by atoms with van der Waals surface area (Å²) < 4.78 is 11.6. The number of benzene rings is 2. The molecule has 0 saturated carbocycles. The molecule has 30 heavy (non-hydrogen) atoms. The van der Waals surface area contributed by atoms with Crippen LogP contribution in [0.2, 0.25) is 0 Å². The first-order valence-corrected chi connectivity index (χ1v) is 9.26. The number of methoxy groups -OCH3 is 2. The summed E-state index contributed by atoms with van der Waals surface area (Å²) in [5, 5.41) is 10.7. The van der Waals surface area contributed by atoms with Crippen molar-refractivity contribution in [3.8, 4) is 17.4 Å². The quantitative estimate of drug-likeness (QED) is 0.583. The maximum Gasteiger partial charge on any atom is 0.331 e. The highest BCUT2D eigenvalue weighted by molar-refractivity contribution is 6.00. The minimum absolute atomic E-state index is 0.0413. The summed E-state index contributed by atoms with van der Waals surface area (Å²) >= 11 is 0. The van der Waals surface area contributed by atoms with Crippen LogP contribution in [0.15, 0.2) is 63.1 Å². The summed E-state index contributed by atoms with van der Waals surface area (Å²) in [5.74, 6) is 0.820. The van der Waals surface area contributed by atoms with E-state index in [-0.39, 0.29) is 18.7 Å². The Labute approximate surface area is 173 Å². The van der Waals surface area contributed by atoms with Crippen LogP contribution in [0.25, 0.3) is 0 Å². The molecule has 2 N–H and O–H groups in total. The number of ether oxygens (including phenoxy) is 2. The molecule has 1 heterocycles. The molecule has 0 aliphatic carbocycles. The first-order chi connectivity index (χ1) is 14.4. The Morgan fingerprint density at radius 1 is 1.03 bits per heavy atom. The van der Waals surface area contributed by atoms with Crippen molar-refractivity contribution in [2.45, 2.75) is 20.0 Å². The molecule has 0 spiro atoms. The molecule has 0 amide bonds. The maximum atomic E-state index is 12.4. The van der Waals surface area contributed by atoms with Crippen molar-refractivity contribution in [1.82, 2.24) is 9.55 Å². The maximum absolute atomic E-state index is 12.4. The van der Waals surface area contributed by atoms with E-state index in [1.807, 2.05) is 30.3 Å².